The number of carbonyl (C=O) groups is 2. The fourth-order valence-corrected chi connectivity index (χ4v) is 2.00. The second-order valence-corrected chi connectivity index (χ2v) is 4.78. The number of H-pyrrole nitrogens is 1. The number of aromatic amines is 1. The molecule has 2 rings (SSSR count). The van der Waals surface area contributed by atoms with Gasteiger partial charge in [-0.05, 0) is 6.42 Å². The van der Waals surface area contributed by atoms with E-state index in [9.17, 15) is 9.59 Å². The number of rotatable bonds is 8. The van der Waals surface area contributed by atoms with Crippen LogP contribution in [0.1, 0.15) is 35.4 Å². The van der Waals surface area contributed by atoms with Crippen LogP contribution in [-0.4, -0.2) is 28.2 Å². The summed E-state index contributed by atoms with van der Waals surface area (Å²) in [5.41, 5.74) is 0.656. The van der Waals surface area contributed by atoms with Crippen LogP contribution in [0.15, 0.2) is 42.7 Å². The first-order valence-electron chi connectivity index (χ1n) is 7.09. The minimum atomic E-state index is -0.0845. The maximum atomic E-state index is 11.8. The van der Waals surface area contributed by atoms with Gasteiger partial charge in [0.1, 0.15) is 5.82 Å². The van der Waals surface area contributed by atoms with E-state index in [0.29, 0.717) is 12.1 Å². The maximum Gasteiger partial charge on any atom is 0.220 e. The Labute approximate surface area is 123 Å². The average Bonchev–Trinajstić information content (AvgIpc) is 3.03. The molecule has 21 heavy (non-hydrogen) atoms. The summed E-state index contributed by atoms with van der Waals surface area (Å²) in [6.45, 7) is 0.596. The zero-order valence-electron chi connectivity index (χ0n) is 11.8. The molecule has 5 nitrogen and oxygen atoms in total. The number of benzene rings is 1. The van der Waals surface area contributed by atoms with E-state index in [1.165, 1.54) is 0 Å². The third kappa shape index (κ3) is 5.22. The zero-order chi connectivity index (χ0) is 14.9. The van der Waals surface area contributed by atoms with E-state index in [0.717, 1.165) is 18.7 Å². The molecule has 0 unspecified atom stereocenters. The van der Waals surface area contributed by atoms with Crippen molar-refractivity contribution in [1.82, 2.24) is 15.3 Å². The predicted octanol–water partition coefficient (Wildman–Crippen LogP) is 2.12. The number of nitrogens with one attached hydrogen (secondary N) is 2. The van der Waals surface area contributed by atoms with E-state index >= 15 is 0 Å². The van der Waals surface area contributed by atoms with Crippen molar-refractivity contribution in [2.45, 2.75) is 25.7 Å². The number of nitrogens with zero attached hydrogens (tertiary/aromatic N) is 1. The largest absolute Gasteiger partial charge is 0.356 e. The maximum absolute atomic E-state index is 11.8. The molecule has 1 heterocycles. The third-order valence-electron chi connectivity index (χ3n) is 3.14. The van der Waals surface area contributed by atoms with Crippen molar-refractivity contribution in [1.29, 1.82) is 0 Å². The van der Waals surface area contributed by atoms with Crippen LogP contribution in [-0.2, 0) is 11.2 Å². The molecular weight excluding hydrogens is 266 g/mol. The van der Waals surface area contributed by atoms with Gasteiger partial charge in [0, 0.05) is 43.8 Å². The molecule has 0 aliphatic rings. The second-order valence-electron chi connectivity index (χ2n) is 4.78. The molecular formula is C16H19N3O2. The Kier molecular flexibility index (Phi) is 5.70. The number of ketones is 1. The number of carbonyl (C=O) groups excluding carboxylic acids is 2. The van der Waals surface area contributed by atoms with Gasteiger partial charge in [-0.1, -0.05) is 30.3 Å². The molecule has 0 spiro atoms. The molecule has 1 aromatic heterocycles. The second kappa shape index (κ2) is 7.99. The lowest BCUT2D eigenvalue weighted by Crippen LogP contribution is -2.25. The Morgan fingerprint density at radius 2 is 1.95 bits per heavy atom. The summed E-state index contributed by atoms with van der Waals surface area (Å²) in [6, 6.07) is 9.04. The summed E-state index contributed by atoms with van der Waals surface area (Å²) < 4.78 is 0. The van der Waals surface area contributed by atoms with Crippen molar-refractivity contribution in [3.05, 3.63) is 54.1 Å². The lowest BCUT2D eigenvalue weighted by molar-refractivity contribution is -0.121. The first-order valence-corrected chi connectivity index (χ1v) is 7.09. The summed E-state index contributed by atoms with van der Waals surface area (Å²) in [5, 5.41) is 2.82. The molecule has 0 fully saturated rings. The highest BCUT2D eigenvalue weighted by Crippen LogP contribution is 2.05. The van der Waals surface area contributed by atoms with E-state index in [1.54, 1.807) is 24.5 Å². The van der Waals surface area contributed by atoms with Gasteiger partial charge in [-0.25, -0.2) is 4.98 Å². The Bertz CT molecular complexity index is 564. The predicted molar refractivity (Wildman–Crippen MR) is 79.9 cm³/mol. The molecule has 0 radical (unpaired) electrons. The summed E-state index contributed by atoms with van der Waals surface area (Å²) in [7, 11) is 0. The van der Waals surface area contributed by atoms with Gasteiger partial charge in [-0.3, -0.25) is 9.59 Å². The van der Waals surface area contributed by atoms with Gasteiger partial charge in [0.15, 0.2) is 5.78 Å². The Morgan fingerprint density at radius 1 is 1.14 bits per heavy atom. The van der Waals surface area contributed by atoms with Crippen LogP contribution in [0.25, 0.3) is 0 Å². The van der Waals surface area contributed by atoms with E-state index in [4.69, 9.17) is 0 Å². The average molecular weight is 285 g/mol. The smallest absolute Gasteiger partial charge is 0.220 e. The topological polar surface area (TPSA) is 74.8 Å². The van der Waals surface area contributed by atoms with Gasteiger partial charge >= 0.3 is 0 Å². The van der Waals surface area contributed by atoms with Gasteiger partial charge in [0.05, 0.1) is 0 Å². The number of hydrogen-bond acceptors (Lipinski definition) is 3. The van der Waals surface area contributed by atoms with Crippen LogP contribution in [0.2, 0.25) is 0 Å². The third-order valence-corrected chi connectivity index (χ3v) is 3.14. The first kappa shape index (κ1) is 15.0. The molecule has 2 N–H and O–H groups in total. The van der Waals surface area contributed by atoms with Crippen LogP contribution < -0.4 is 5.32 Å². The Hall–Kier alpha value is -2.43. The quantitative estimate of drug-likeness (QED) is 0.576. The van der Waals surface area contributed by atoms with E-state index in [2.05, 4.69) is 15.3 Å². The molecule has 0 aliphatic heterocycles. The molecule has 1 amide bonds. The molecule has 0 saturated heterocycles. The summed E-state index contributed by atoms with van der Waals surface area (Å²) >= 11 is 0. The molecule has 0 atom stereocenters. The highest BCUT2D eigenvalue weighted by Gasteiger charge is 2.08. The monoisotopic (exact) mass is 285 g/mol. The van der Waals surface area contributed by atoms with Crippen molar-refractivity contribution in [3.63, 3.8) is 0 Å². The van der Waals surface area contributed by atoms with Gasteiger partial charge in [-0.15, -0.1) is 0 Å². The molecule has 1 aromatic carbocycles. The fourth-order valence-electron chi connectivity index (χ4n) is 2.00. The van der Waals surface area contributed by atoms with Gasteiger partial charge in [0.2, 0.25) is 5.91 Å². The number of Topliss-reactive ketones (excluding diaryl/α,β-unsaturated/α-hetero) is 1. The molecule has 2 aromatic rings. The molecule has 5 heteroatoms. The number of imidazole rings is 1. The van der Waals surface area contributed by atoms with Gasteiger partial charge in [-0.2, -0.15) is 0 Å². The standard InChI is InChI=1S/C16H19N3O2/c20-14(13-5-2-1-3-6-13)8-9-16(21)19-10-4-7-15-17-11-12-18-15/h1-3,5-6,11-12H,4,7-10H2,(H,17,18)(H,19,21). The van der Waals surface area contributed by atoms with Crippen LogP contribution in [0.3, 0.4) is 0 Å². The zero-order valence-corrected chi connectivity index (χ0v) is 11.8. The van der Waals surface area contributed by atoms with Crippen LogP contribution in [0.5, 0.6) is 0 Å². The van der Waals surface area contributed by atoms with Gasteiger partial charge in [0.25, 0.3) is 0 Å². The van der Waals surface area contributed by atoms with E-state index < -0.39 is 0 Å². The highest BCUT2D eigenvalue weighted by molar-refractivity contribution is 5.97. The summed E-state index contributed by atoms with van der Waals surface area (Å²) in [4.78, 5) is 30.6. The van der Waals surface area contributed by atoms with Crippen molar-refractivity contribution in [2.24, 2.45) is 0 Å². The van der Waals surface area contributed by atoms with Crippen LogP contribution in [0.4, 0.5) is 0 Å². The number of hydrogen-bond donors (Lipinski definition) is 2. The van der Waals surface area contributed by atoms with Crippen LogP contribution in [0, 0.1) is 0 Å². The number of aromatic nitrogens is 2. The van der Waals surface area contributed by atoms with E-state index in [-0.39, 0.29) is 24.5 Å². The molecule has 0 bridgehead atoms. The van der Waals surface area contributed by atoms with Crippen molar-refractivity contribution in [2.75, 3.05) is 6.54 Å². The SMILES string of the molecule is O=C(CCC(=O)c1ccccc1)NCCCc1ncc[nH]1. The highest BCUT2D eigenvalue weighted by atomic mass is 16.2. The molecule has 0 saturated carbocycles. The molecule has 110 valence electrons. The number of amides is 1. The fraction of sp³-hybridized carbons (Fsp3) is 0.312. The van der Waals surface area contributed by atoms with Gasteiger partial charge < -0.3 is 10.3 Å². The van der Waals surface area contributed by atoms with E-state index in [1.807, 2.05) is 18.2 Å². The first-order chi connectivity index (χ1) is 10.3. The number of aryl methyl sites for hydroxylation is 1. The summed E-state index contributed by atoms with van der Waals surface area (Å²) in [5.74, 6) is 0.837. The van der Waals surface area contributed by atoms with Crippen molar-refractivity contribution in [3.8, 4) is 0 Å². The minimum Gasteiger partial charge on any atom is -0.356 e. The minimum absolute atomic E-state index is 0.00124. The lowest BCUT2D eigenvalue weighted by Gasteiger charge is -2.04. The molecule has 0 aliphatic carbocycles. The lowest BCUT2D eigenvalue weighted by atomic mass is 10.1. The van der Waals surface area contributed by atoms with Crippen molar-refractivity contribution < 1.29 is 9.59 Å². The summed E-state index contributed by atoms with van der Waals surface area (Å²) in [6.07, 6.45) is 5.59. The normalized spacial score (nSPS) is 10.3. The Morgan fingerprint density at radius 3 is 2.67 bits per heavy atom. The van der Waals surface area contributed by atoms with Crippen LogP contribution >= 0.6 is 0 Å². The Balaban J connectivity index is 1.60. The van der Waals surface area contributed by atoms with Crippen molar-refractivity contribution >= 4 is 11.7 Å².